The number of nitrogens with zero attached hydrogens (tertiary/aromatic N) is 1. The lowest BCUT2D eigenvalue weighted by Gasteiger charge is -2.23. The van der Waals surface area contributed by atoms with Gasteiger partial charge in [0.25, 0.3) is 0 Å². The van der Waals surface area contributed by atoms with Crippen LogP contribution < -0.4 is 14.8 Å². The van der Waals surface area contributed by atoms with E-state index in [2.05, 4.69) is 26.1 Å². The number of nitrogens with one attached hydrogen (secondary N) is 1. The van der Waals surface area contributed by atoms with Gasteiger partial charge in [-0.3, -0.25) is 0 Å². The van der Waals surface area contributed by atoms with Gasteiger partial charge in [0.1, 0.15) is 13.2 Å². The third-order valence-electron chi connectivity index (χ3n) is 3.15. The monoisotopic (exact) mass is 344 g/mol. The molecule has 0 aromatic heterocycles. The van der Waals surface area contributed by atoms with Crippen LogP contribution in [-0.2, 0) is 0 Å². The zero-order chi connectivity index (χ0) is 14.5. The predicted octanol–water partition coefficient (Wildman–Crippen LogP) is 1.40. The van der Waals surface area contributed by atoms with Crippen LogP contribution in [0.2, 0.25) is 0 Å². The summed E-state index contributed by atoms with van der Waals surface area (Å²) >= 11 is 3.50. The van der Waals surface area contributed by atoms with Gasteiger partial charge >= 0.3 is 0 Å². The SMILES string of the molecule is CN(C)CCNC(CO)c1cc(Br)c2c(c1)OCCO2. The van der Waals surface area contributed by atoms with Gasteiger partial charge in [-0.2, -0.15) is 0 Å². The van der Waals surface area contributed by atoms with Gasteiger partial charge in [0.2, 0.25) is 0 Å². The Bertz CT molecular complexity index is 454. The molecule has 6 heteroatoms. The number of likely N-dealkylation sites (N-methyl/N-ethyl adjacent to an activating group) is 1. The first kappa shape index (κ1) is 15.6. The molecule has 0 saturated heterocycles. The lowest BCUT2D eigenvalue weighted by Crippen LogP contribution is -2.31. The number of aliphatic hydroxyl groups excluding tert-OH is 1. The molecular weight excluding hydrogens is 324 g/mol. The van der Waals surface area contributed by atoms with E-state index in [9.17, 15) is 5.11 Å². The zero-order valence-corrected chi connectivity index (χ0v) is 13.4. The van der Waals surface area contributed by atoms with Crippen LogP contribution in [0, 0.1) is 0 Å². The standard InChI is InChI=1S/C14H21BrN2O3/c1-17(2)4-3-16-12(9-18)10-7-11(15)14-13(8-10)19-5-6-20-14/h7-8,12,16,18H,3-6,9H2,1-2H3. The highest BCUT2D eigenvalue weighted by molar-refractivity contribution is 9.10. The molecule has 0 amide bonds. The van der Waals surface area contributed by atoms with Crippen LogP contribution in [0.4, 0.5) is 0 Å². The van der Waals surface area contributed by atoms with Crippen molar-refractivity contribution in [3.05, 3.63) is 22.2 Å². The normalized spacial score (nSPS) is 15.4. The fourth-order valence-corrected chi connectivity index (χ4v) is 2.66. The number of rotatable bonds is 6. The minimum atomic E-state index is -0.109. The van der Waals surface area contributed by atoms with E-state index in [1.54, 1.807) is 0 Å². The molecule has 20 heavy (non-hydrogen) atoms. The molecule has 1 aromatic carbocycles. The number of ether oxygens (including phenoxy) is 2. The minimum absolute atomic E-state index is 0.0412. The molecule has 0 radical (unpaired) electrons. The summed E-state index contributed by atoms with van der Waals surface area (Å²) in [5, 5.41) is 12.9. The summed E-state index contributed by atoms with van der Waals surface area (Å²) in [6.45, 7) is 2.89. The van der Waals surface area contributed by atoms with Crippen molar-refractivity contribution in [3.63, 3.8) is 0 Å². The van der Waals surface area contributed by atoms with Crippen molar-refractivity contribution in [3.8, 4) is 11.5 Å². The largest absolute Gasteiger partial charge is 0.486 e. The number of halogens is 1. The molecule has 0 bridgehead atoms. The molecule has 112 valence electrons. The molecular formula is C14H21BrN2O3. The summed E-state index contributed by atoms with van der Waals surface area (Å²) in [4.78, 5) is 2.10. The van der Waals surface area contributed by atoms with E-state index >= 15 is 0 Å². The minimum Gasteiger partial charge on any atom is -0.486 e. The van der Waals surface area contributed by atoms with Crippen LogP contribution in [0.15, 0.2) is 16.6 Å². The van der Waals surface area contributed by atoms with Crippen molar-refractivity contribution < 1.29 is 14.6 Å². The average Bonchev–Trinajstić information content (AvgIpc) is 2.43. The molecule has 1 unspecified atom stereocenters. The first-order valence-corrected chi connectivity index (χ1v) is 7.49. The first-order chi connectivity index (χ1) is 9.61. The van der Waals surface area contributed by atoms with Crippen molar-refractivity contribution >= 4 is 15.9 Å². The number of aliphatic hydroxyl groups is 1. The van der Waals surface area contributed by atoms with Gasteiger partial charge < -0.3 is 24.8 Å². The van der Waals surface area contributed by atoms with Gasteiger partial charge in [-0.25, -0.2) is 0 Å². The Morgan fingerprint density at radius 1 is 1.35 bits per heavy atom. The van der Waals surface area contributed by atoms with E-state index in [0.717, 1.165) is 34.6 Å². The van der Waals surface area contributed by atoms with Gasteiger partial charge in [-0.1, -0.05) is 0 Å². The highest BCUT2D eigenvalue weighted by Gasteiger charge is 2.19. The van der Waals surface area contributed by atoms with E-state index in [0.29, 0.717) is 13.2 Å². The molecule has 2 N–H and O–H groups in total. The molecule has 0 aliphatic carbocycles. The maximum absolute atomic E-state index is 9.58. The average molecular weight is 345 g/mol. The van der Waals surface area contributed by atoms with Crippen molar-refractivity contribution in [2.75, 3.05) is 47.0 Å². The zero-order valence-electron chi connectivity index (χ0n) is 11.9. The lowest BCUT2D eigenvalue weighted by molar-refractivity contribution is 0.169. The third-order valence-corrected chi connectivity index (χ3v) is 3.74. The Kier molecular flexibility index (Phi) is 5.65. The Morgan fingerprint density at radius 2 is 2.10 bits per heavy atom. The molecule has 0 spiro atoms. The van der Waals surface area contributed by atoms with E-state index in [-0.39, 0.29) is 12.6 Å². The van der Waals surface area contributed by atoms with Gasteiger partial charge in [0, 0.05) is 13.1 Å². The smallest absolute Gasteiger partial charge is 0.175 e. The fourth-order valence-electron chi connectivity index (χ4n) is 2.08. The summed E-state index contributed by atoms with van der Waals surface area (Å²) in [7, 11) is 4.05. The first-order valence-electron chi connectivity index (χ1n) is 6.70. The van der Waals surface area contributed by atoms with Gasteiger partial charge in [0.05, 0.1) is 17.1 Å². The predicted molar refractivity (Wildman–Crippen MR) is 81.5 cm³/mol. The summed E-state index contributed by atoms with van der Waals surface area (Å²) in [6, 6.07) is 3.79. The molecule has 1 aliphatic rings. The van der Waals surface area contributed by atoms with Gasteiger partial charge in [-0.05, 0) is 47.7 Å². The summed E-state index contributed by atoms with van der Waals surface area (Å²) < 4.78 is 12.0. The summed E-state index contributed by atoms with van der Waals surface area (Å²) in [6.07, 6.45) is 0. The molecule has 5 nitrogen and oxygen atoms in total. The molecule has 1 atom stereocenters. The lowest BCUT2D eigenvalue weighted by atomic mass is 10.1. The molecule has 0 fully saturated rings. The summed E-state index contributed by atoms with van der Waals surface area (Å²) in [5.74, 6) is 1.47. The molecule has 1 heterocycles. The maximum atomic E-state index is 9.58. The van der Waals surface area contributed by atoms with Crippen LogP contribution in [0.3, 0.4) is 0 Å². The molecule has 2 rings (SSSR count). The van der Waals surface area contributed by atoms with E-state index in [1.807, 2.05) is 26.2 Å². The van der Waals surface area contributed by atoms with Gasteiger partial charge in [-0.15, -0.1) is 0 Å². The van der Waals surface area contributed by atoms with Crippen LogP contribution in [-0.4, -0.2) is 57.0 Å². The second-order valence-electron chi connectivity index (χ2n) is 5.02. The van der Waals surface area contributed by atoms with Crippen molar-refractivity contribution in [1.29, 1.82) is 0 Å². The van der Waals surface area contributed by atoms with Crippen LogP contribution >= 0.6 is 15.9 Å². The fraction of sp³-hybridized carbons (Fsp3) is 0.571. The van der Waals surface area contributed by atoms with Gasteiger partial charge in [0.15, 0.2) is 11.5 Å². The quantitative estimate of drug-likeness (QED) is 0.817. The Labute approximate surface area is 128 Å². The number of benzene rings is 1. The second-order valence-corrected chi connectivity index (χ2v) is 5.87. The van der Waals surface area contributed by atoms with E-state index in [1.165, 1.54) is 0 Å². The van der Waals surface area contributed by atoms with Crippen LogP contribution in [0.5, 0.6) is 11.5 Å². The van der Waals surface area contributed by atoms with E-state index in [4.69, 9.17) is 9.47 Å². The second kappa shape index (κ2) is 7.26. The Hall–Kier alpha value is -0.820. The topological polar surface area (TPSA) is 54.0 Å². The molecule has 1 aromatic rings. The number of hydrogen-bond acceptors (Lipinski definition) is 5. The highest BCUT2D eigenvalue weighted by atomic mass is 79.9. The van der Waals surface area contributed by atoms with Crippen LogP contribution in [0.1, 0.15) is 11.6 Å². The van der Waals surface area contributed by atoms with Crippen molar-refractivity contribution in [2.45, 2.75) is 6.04 Å². The molecule has 0 saturated carbocycles. The highest BCUT2D eigenvalue weighted by Crippen LogP contribution is 2.39. The van der Waals surface area contributed by atoms with E-state index < -0.39 is 0 Å². The number of fused-ring (bicyclic) bond motifs is 1. The van der Waals surface area contributed by atoms with Crippen molar-refractivity contribution in [2.24, 2.45) is 0 Å². The third kappa shape index (κ3) is 3.85. The van der Waals surface area contributed by atoms with Crippen LogP contribution in [0.25, 0.3) is 0 Å². The maximum Gasteiger partial charge on any atom is 0.175 e. The molecule has 1 aliphatic heterocycles. The summed E-state index contributed by atoms with van der Waals surface area (Å²) in [5.41, 5.74) is 0.988. The Balaban J connectivity index is 2.11. The van der Waals surface area contributed by atoms with Crippen molar-refractivity contribution in [1.82, 2.24) is 10.2 Å². The Morgan fingerprint density at radius 3 is 2.80 bits per heavy atom. The number of hydrogen-bond donors (Lipinski definition) is 2.